The molecule has 0 atom stereocenters. The number of hydrazine groups is 1. The van der Waals surface area contributed by atoms with Gasteiger partial charge in [-0.25, -0.2) is 5.84 Å². The Labute approximate surface area is 132 Å². The van der Waals surface area contributed by atoms with Crippen LogP contribution in [0.1, 0.15) is 11.1 Å². The zero-order valence-corrected chi connectivity index (χ0v) is 12.6. The van der Waals surface area contributed by atoms with Crippen LogP contribution in [0.25, 0.3) is 0 Å². The van der Waals surface area contributed by atoms with Crippen LogP contribution in [0.4, 0.5) is 0 Å². The Morgan fingerprint density at radius 2 is 1.76 bits per heavy atom. The molecule has 2 aromatic carbocycles. The van der Waals surface area contributed by atoms with Gasteiger partial charge in [-0.15, -0.1) is 0 Å². The SMILES string of the molecule is NNC(=O)Cc1ccc(COc2ccc(Cl)cc2Cl)cc1. The van der Waals surface area contributed by atoms with Gasteiger partial charge < -0.3 is 4.74 Å². The highest BCUT2D eigenvalue weighted by molar-refractivity contribution is 6.35. The molecule has 2 rings (SSSR count). The molecule has 0 saturated carbocycles. The largest absolute Gasteiger partial charge is 0.487 e. The first-order valence-corrected chi connectivity index (χ1v) is 6.99. The Hall–Kier alpha value is -1.75. The summed E-state index contributed by atoms with van der Waals surface area (Å²) in [5.41, 5.74) is 3.95. The van der Waals surface area contributed by atoms with Crippen molar-refractivity contribution in [1.82, 2.24) is 5.43 Å². The smallest absolute Gasteiger partial charge is 0.238 e. The topological polar surface area (TPSA) is 64.3 Å². The van der Waals surface area contributed by atoms with E-state index in [2.05, 4.69) is 5.43 Å². The molecule has 2 aromatic rings. The fraction of sp³-hybridized carbons (Fsp3) is 0.133. The number of nitrogens with one attached hydrogen (secondary N) is 1. The van der Waals surface area contributed by atoms with Gasteiger partial charge in [-0.1, -0.05) is 47.5 Å². The first-order valence-electron chi connectivity index (χ1n) is 6.23. The van der Waals surface area contributed by atoms with E-state index in [0.717, 1.165) is 11.1 Å². The van der Waals surface area contributed by atoms with E-state index in [4.69, 9.17) is 33.8 Å². The number of benzene rings is 2. The third-order valence-electron chi connectivity index (χ3n) is 2.84. The zero-order chi connectivity index (χ0) is 15.2. The third-order valence-corrected chi connectivity index (χ3v) is 3.37. The molecule has 0 bridgehead atoms. The van der Waals surface area contributed by atoms with Crippen molar-refractivity contribution < 1.29 is 9.53 Å². The molecule has 0 fully saturated rings. The average molecular weight is 325 g/mol. The molecule has 0 aliphatic carbocycles. The molecule has 0 aliphatic heterocycles. The first-order chi connectivity index (χ1) is 10.1. The van der Waals surface area contributed by atoms with Crippen molar-refractivity contribution in [3.05, 3.63) is 63.6 Å². The summed E-state index contributed by atoms with van der Waals surface area (Å²) in [6.07, 6.45) is 0.251. The third kappa shape index (κ3) is 4.63. The van der Waals surface area contributed by atoms with Crippen LogP contribution in [0.5, 0.6) is 5.75 Å². The molecule has 0 unspecified atom stereocenters. The van der Waals surface area contributed by atoms with Crippen molar-refractivity contribution in [2.24, 2.45) is 5.84 Å². The average Bonchev–Trinajstić information content (AvgIpc) is 2.48. The molecular formula is C15H14Cl2N2O2. The second kappa shape index (κ2) is 7.31. The van der Waals surface area contributed by atoms with Gasteiger partial charge in [0.1, 0.15) is 12.4 Å². The fourth-order valence-corrected chi connectivity index (χ4v) is 2.21. The van der Waals surface area contributed by atoms with Crippen LogP contribution in [0.2, 0.25) is 10.0 Å². The van der Waals surface area contributed by atoms with Crippen molar-refractivity contribution >= 4 is 29.1 Å². The maximum absolute atomic E-state index is 11.2. The number of hydrogen-bond acceptors (Lipinski definition) is 3. The molecule has 110 valence electrons. The van der Waals surface area contributed by atoms with Crippen LogP contribution < -0.4 is 16.0 Å². The Morgan fingerprint density at radius 3 is 2.38 bits per heavy atom. The molecule has 0 aliphatic rings. The molecule has 0 aromatic heterocycles. The summed E-state index contributed by atoms with van der Waals surface area (Å²) in [4.78, 5) is 11.2. The number of nitrogens with two attached hydrogens (primary N) is 1. The van der Waals surface area contributed by atoms with Gasteiger partial charge in [0.25, 0.3) is 0 Å². The van der Waals surface area contributed by atoms with Crippen molar-refractivity contribution in [3.8, 4) is 5.75 Å². The van der Waals surface area contributed by atoms with Gasteiger partial charge in [-0.2, -0.15) is 0 Å². The van der Waals surface area contributed by atoms with Gasteiger partial charge >= 0.3 is 0 Å². The molecule has 0 saturated heterocycles. The van der Waals surface area contributed by atoms with Crippen molar-refractivity contribution in [2.45, 2.75) is 13.0 Å². The number of amides is 1. The van der Waals surface area contributed by atoms with Crippen LogP contribution in [-0.2, 0) is 17.8 Å². The Balaban J connectivity index is 1.96. The lowest BCUT2D eigenvalue weighted by molar-refractivity contribution is -0.120. The van der Waals surface area contributed by atoms with E-state index in [9.17, 15) is 4.79 Å². The predicted molar refractivity (Wildman–Crippen MR) is 83.3 cm³/mol. The van der Waals surface area contributed by atoms with E-state index in [-0.39, 0.29) is 12.3 Å². The number of halogens is 2. The summed E-state index contributed by atoms with van der Waals surface area (Å²) in [5, 5.41) is 1.04. The molecule has 6 heteroatoms. The predicted octanol–water partition coefficient (Wildman–Crippen LogP) is 3.10. The normalized spacial score (nSPS) is 10.2. The number of hydrogen-bond donors (Lipinski definition) is 2. The van der Waals surface area contributed by atoms with Crippen molar-refractivity contribution in [1.29, 1.82) is 0 Å². The number of carbonyl (C=O) groups excluding carboxylic acids is 1. The molecule has 0 heterocycles. The van der Waals surface area contributed by atoms with E-state index in [1.54, 1.807) is 18.2 Å². The lowest BCUT2D eigenvalue weighted by Crippen LogP contribution is -2.31. The Bertz CT molecular complexity index is 630. The summed E-state index contributed by atoms with van der Waals surface area (Å²) >= 11 is 11.9. The minimum Gasteiger partial charge on any atom is -0.487 e. The number of ether oxygens (including phenoxy) is 1. The van der Waals surface area contributed by atoms with Gasteiger partial charge in [-0.3, -0.25) is 10.2 Å². The van der Waals surface area contributed by atoms with Gasteiger partial charge in [-0.05, 0) is 29.3 Å². The highest BCUT2D eigenvalue weighted by Gasteiger charge is 2.04. The minimum absolute atomic E-state index is 0.230. The molecule has 0 radical (unpaired) electrons. The summed E-state index contributed by atoms with van der Waals surface area (Å²) in [6, 6.07) is 12.6. The monoisotopic (exact) mass is 324 g/mol. The molecule has 1 amide bonds. The van der Waals surface area contributed by atoms with E-state index >= 15 is 0 Å². The quantitative estimate of drug-likeness (QED) is 0.504. The fourth-order valence-electron chi connectivity index (χ4n) is 1.74. The van der Waals surface area contributed by atoms with Crippen LogP contribution >= 0.6 is 23.2 Å². The van der Waals surface area contributed by atoms with Crippen LogP contribution in [0, 0.1) is 0 Å². The highest BCUT2D eigenvalue weighted by atomic mass is 35.5. The van der Waals surface area contributed by atoms with Crippen LogP contribution in [-0.4, -0.2) is 5.91 Å². The second-order valence-corrected chi connectivity index (χ2v) is 5.27. The zero-order valence-electron chi connectivity index (χ0n) is 11.1. The van der Waals surface area contributed by atoms with Gasteiger partial charge in [0, 0.05) is 5.02 Å². The molecule has 3 N–H and O–H groups in total. The van der Waals surface area contributed by atoms with E-state index < -0.39 is 0 Å². The van der Waals surface area contributed by atoms with Gasteiger partial charge in [0.2, 0.25) is 5.91 Å². The lowest BCUT2D eigenvalue weighted by atomic mass is 10.1. The summed E-state index contributed by atoms with van der Waals surface area (Å²) in [6.45, 7) is 0.380. The molecule has 4 nitrogen and oxygen atoms in total. The maximum Gasteiger partial charge on any atom is 0.238 e. The summed E-state index contributed by atoms with van der Waals surface area (Å²) < 4.78 is 5.63. The van der Waals surface area contributed by atoms with Crippen molar-refractivity contribution in [3.63, 3.8) is 0 Å². The van der Waals surface area contributed by atoms with Gasteiger partial charge in [0.15, 0.2) is 0 Å². The van der Waals surface area contributed by atoms with Crippen molar-refractivity contribution in [2.75, 3.05) is 0 Å². The standard InChI is InChI=1S/C15H14Cl2N2O2/c16-12-5-6-14(13(17)8-12)21-9-11-3-1-10(2-4-11)7-15(20)19-18/h1-6,8H,7,9,18H2,(H,19,20). The minimum atomic E-state index is -0.230. The number of carbonyl (C=O) groups is 1. The Kier molecular flexibility index (Phi) is 5.44. The second-order valence-electron chi connectivity index (χ2n) is 4.42. The molecule has 21 heavy (non-hydrogen) atoms. The molecule has 0 spiro atoms. The highest BCUT2D eigenvalue weighted by Crippen LogP contribution is 2.28. The summed E-state index contributed by atoms with van der Waals surface area (Å²) in [7, 11) is 0. The first kappa shape index (κ1) is 15.6. The molecular weight excluding hydrogens is 311 g/mol. The number of rotatable bonds is 5. The Morgan fingerprint density at radius 1 is 1.10 bits per heavy atom. The van der Waals surface area contributed by atoms with E-state index in [1.807, 2.05) is 24.3 Å². The maximum atomic E-state index is 11.2. The van der Waals surface area contributed by atoms with E-state index in [1.165, 1.54) is 0 Å². The van der Waals surface area contributed by atoms with E-state index in [0.29, 0.717) is 22.4 Å². The summed E-state index contributed by atoms with van der Waals surface area (Å²) in [5.74, 6) is 5.39. The van der Waals surface area contributed by atoms with Crippen LogP contribution in [0.15, 0.2) is 42.5 Å². The lowest BCUT2D eigenvalue weighted by Gasteiger charge is -2.09. The van der Waals surface area contributed by atoms with Gasteiger partial charge in [0.05, 0.1) is 11.4 Å². The van der Waals surface area contributed by atoms with Crippen LogP contribution in [0.3, 0.4) is 0 Å².